The summed E-state index contributed by atoms with van der Waals surface area (Å²) in [4.78, 5) is 26.8. The van der Waals surface area contributed by atoms with Gasteiger partial charge in [-0.1, -0.05) is 44.2 Å². The van der Waals surface area contributed by atoms with Gasteiger partial charge in [0.2, 0.25) is 0 Å². The minimum absolute atomic E-state index is 0.184. The van der Waals surface area contributed by atoms with Crippen molar-refractivity contribution >= 4 is 23.5 Å². The van der Waals surface area contributed by atoms with Crippen molar-refractivity contribution in [3.05, 3.63) is 77.0 Å². The number of para-hydroxylation sites is 1. The smallest absolute Gasteiger partial charge is 0.349 e. The molecule has 0 amide bonds. The third kappa shape index (κ3) is 4.51. The van der Waals surface area contributed by atoms with E-state index in [-0.39, 0.29) is 16.8 Å². The molecule has 0 saturated heterocycles. The maximum Gasteiger partial charge on any atom is 0.349 e. The number of carbonyl (C=O) groups is 2. The molecule has 2 aromatic rings. The van der Waals surface area contributed by atoms with Crippen LogP contribution in [0.3, 0.4) is 0 Å². The van der Waals surface area contributed by atoms with Crippen LogP contribution in [0.5, 0.6) is 5.75 Å². The van der Waals surface area contributed by atoms with Gasteiger partial charge in [-0.05, 0) is 35.4 Å². The van der Waals surface area contributed by atoms with Gasteiger partial charge >= 0.3 is 5.97 Å². The van der Waals surface area contributed by atoms with Crippen molar-refractivity contribution in [1.82, 2.24) is 0 Å². The number of nitriles is 1. The molecule has 3 rings (SSSR count). The highest BCUT2D eigenvalue weighted by Gasteiger charge is 2.38. The van der Waals surface area contributed by atoms with E-state index in [4.69, 9.17) is 9.47 Å². The Labute approximate surface area is 182 Å². The number of fused-ring (bicyclic) bond motifs is 1. The van der Waals surface area contributed by atoms with Gasteiger partial charge < -0.3 is 14.4 Å². The summed E-state index contributed by atoms with van der Waals surface area (Å²) < 4.78 is 10.2. The number of benzene rings is 2. The number of carbonyl (C=O) groups excluding carboxylic acids is 2. The van der Waals surface area contributed by atoms with Crippen LogP contribution in [-0.4, -0.2) is 32.5 Å². The van der Waals surface area contributed by atoms with Gasteiger partial charge in [-0.15, -0.1) is 0 Å². The maximum atomic E-state index is 12.5. The minimum Gasteiger partial charge on any atom is -0.497 e. The number of hydrogen-bond acceptors (Lipinski definition) is 6. The van der Waals surface area contributed by atoms with Crippen LogP contribution in [0.25, 0.3) is 6.08 Å². The van der Waals surface area contributed by atoms with E-state index in [0.717, 1.165) is 16.9 Å². The second-order valence-electron chi connectivity index (χ2n) is 7.72. The van der Waals surface area contributed by atoms with Crippen LogP contribution >= 0.6 is 0 Å². The first-order valence-electron chi connectivity index (χ1n) is 9.79. The Balaban J connectivity index is 1.69. The number of esters is 1. The summed E-state index contributed by atoms with van der Waals surface area (Å²) in [6.07, 6.45) is 2.92. The van der Waals surface area contributed by atoms with E-state index in [0.29, 0.717) is 11.3 Å². The van der Waals surface area contributed by atoms with Crippen molar-refractivity contribution < 1.29 is 19.1 Å². The summed E-state index contributed by atoms with van der Waals surface area (Å²) in [6, 6.07) is 16.7. The quantitative estimate of drug-likeness (QED) is 0.402. The Morgan fingerprint density at radius 1 is 1.13 bits per heavy atom. The van der Waals surface area contributed by atoms with Gasteiger partial charge in [0.15, 0.2) is 12.4 Å². The molecule has 6 nitrogen and oxygen atoms in total. The monoisotopic (exact) mass is 416 g/mol. The zero-order chi connectivity index (χ0) is 22.6. The van der Waals surface area contributed by atoms with E-state index in [1.165, 1.54) is 12.2 Å². The number of nitrogens with zero attached hydrogens (tertiary/aromatic N) is 2. The summed E-state index contributed by atoms with van der Waals surface area (Å²) in [5.41, 5.74) is 3.10. The first-order chi connectivity index (χ1) is 14.8. The molecule has 158 valence electrons. The van der Waals surface area contributed by atoms with Crippen molar-refractivity contribution in [2.75, 3.05) is 25.7 Å². The molecule has 0 N–H and O–H groups in total. The van der Waals surface area contributed by atoms with E-state index in [9.17, 15) is 14.9 Å². The lowest BCUT2D eigenvalue weighted by atomic mass is 9.83. The molecule has 0 atom stereocenters. The number of likely N-dealkylation sites (N-methyl/N-ethyl adjacent to an activating group) is 1. The van der Waals surface area contributed by atoms with Gasteiger partial charge in [0.1, 0.15) is 17.4 Å². The van der Waals surface area contributed by atoms with Crippen molar-refractivity contribution in [1.29, 1.82) is 5.26 Å². The zero-order valence-corrected chi connectivity index (χ0v) is 18.0. The second-order valence-corrected chi connectivity index (χ2v) is 7.72. The molecule has 0 spiro atoms. The molecular weight excluding hydrogens is 392 g/mol. The summed E-state index contributed by atoms with van der Waals surface area (Å²) in [5, 5.41) is 9.31. The molecule has 6 heteroatoms. The summed E-state index contributed by atoms with van der Waals surface area (Å²) in [5.74, 6) is -0.524. The molecule has 1 heterocycles. The molecule has 0 unspecified atom stereocenters. The predicted octanol–water partition coefficient (Wildman–Crippen LogP) is 4.03. The van der Waals surface area contributed by atoms with Gasteiger partial charge in [0, 0.05) is 29.9 Å². The van der Waals surface area contributed by atoms with Crippen LogP contribution in [0.4, 0.5) is 5.69 Å². The maximum absolute atomic E-state index is 12.5. The Morgan fingerprint density at radius 3 is 2.42 bits per heavy atom. The Bertz CT molecular complexity index is 1110. The molecule has 31 heavy (non-hydrogen) atoms. The zero-order valence-electron chi connectivity index (χ0n) is 18.0. The van der Waals surface area contributed by atoms with Crippen LogP contribution in [0.15, 0.2) is 65.9 Å². The molecule has 0 saturated carbocycles. The normalized spacial score (nSPS) is 15.9. The van der Waals surface area contributed by atoms with Crippen molar-refractivity contribution in [2.45, 2.75) is 19.3 Å². The fraction of sp³-hybridized carbons (Fsp3) is 0.240. The Morgan fingerprint density at radius 2 is 1.81 bits per heavy atom. The van der Waals surface area contributed by atoms with Crippen LogP contribution in [0, 0.1) is 11.3 Å². The highest BCUT2D eigenvalue weighted by atomic mass is 16.5. The average molecular weight is 416 g/mol. The summed E-state index contributed by atoms with van der Waals surface area (Å²) in [6.45, 7) is 3.65. The van der Waals surface area contributed by atoms with Crippen molar-refractivity contribution in [3.63, 3.8) is 0 Å². The first kappa shape index (κ1) is 21.8. The van der Waals surface area contributed by atoms with Crippen LogP contribution < -0.4 is 9.64 Å². The molecular formula is C25H24N2O4. The Kier molecular flexibility index (Phi) is 6.26. The SMILES string of the molecule is COc1ccc(/C=C(\C#N)C(=O)OCC(=O)/C=C2/N(C)c3ccccc3C2(C)C)cc1. The molecule has 1 aliphatic rings. The van der Waals surface area contributed by atoms with Gasteiger partial charge in [-0.25, -0.2) is 4.79 Å². The lowest BCUT2D eigenvalue weighted by molar-refractivity contribution is -0.142. The molecule has 1 aliphatic heterocycles. The number of hydrogen-bond donors (Lipinski definition) is 0. The van der Waals surface area contributed by atoms with Crippen LogP contribution in [0.2, 0.25) is 0 Å². The third-order valence-electron chi connectivity index (χ3n) is 5.35. The van der Waals surface area contributed by atoms with Crippen molar-refractivity contribution in [2.24, 2.45) is 0 Å². The molecule has 0 radical (unpaired) electrons. The second kappa shape index (κ2) is 8.88. The fourth-order valence-corrected chi connectivity index (χ4v) is 3.67. The Hall–Kier alpha value is -3.85. The lowest BCUT2D eigenvalue weighted by Gasteiger charge is -2.23. The summed E-state index contributed by atoms with van der Waals surface area (Å²) >= 11 is 0. The first-order valence-corrected chi connectivity index (χ1v) is 9.79. The largest absolute Gasteiger partial charge is 0.497 e. The van der Waals surface area contributed by atoms with E-state index >= 15 is 0 Å². The molecule has 0 aromatic heterocycles. The summed E-state index contributed by atoms with van der Waals surface area (Å²) in [7, 11) is 3.46. The van der Waals surface area contributed by atoms with E-state index in [1.807, 2.05) is 56.1 Å². The molecule has 2 aromatic carbocycles. The average Bonchev–Trinajstić information content (AvgIpc) is 2.97. The fourth-order valence-electron chi connectivity index (χ4n) is 3.67. The lowest BCUT2D eigenvalue weighted by Crippen LogP contribution is -2.25. The molecule has 0 fully saturated rings. The highest BCUT2D eigenvalue weighted by Crippen LogP contribution is 2.46. The topological polar surface area (TPSA) is 79.6 Å². The number of rotatable bonds is 6. The highest BCUT2D eigenvalue weighted by molar-refractivity contribution is 6.00. The molecule has 0 aliphatic carbocycles. The standard InChI is InChI=1S/C25H24N2O4/c1-25(2)21-7-5-6-8-22(21)27(3)23(25)14-19(28)16-31-24(29)18(15-26)13-17-9-11-20(30-4)12-10-17/h5-14H,16H2,1-4H3/b18-13+,23-14+. The predicted molar refractivity (Wildman–Crippen MR) is 119 cm³/mol. The van der Waals surface area contributed by atoms with Crippen LogP contribution in [0.1, 0.15) is 25.0 Å². The number of ether oxygens (including phenoxy) is 2. The number of ketones is 1. The van der Waals surface area contributed by atoms with Gasteiger partial charge in [-0.2, -0.15) is 5.26 Å². The number of allylic oxidation sites excluding steroid dienone is 1. The van der Waals surface area contributed by atoms with Crippen LogP contribution in [-0.2, 0) is 19.7 Å². The van der Waals surface area contributed by atoms with E-state index in [2.05, 4.69) is 0 Å². The minimum atomic E-state index is -0.840. The van der Waals surface area contributed by atoms with Crippen molar-refractivity contribution in [3.8, 4) is 11.8 Å². The molecule has 0 bridgehead atoms. The van der Waals surface area contributed by atoms with Gasteiger partial charge in [0.25, 0.3) is 0 Å². The van der Waals surface area contributed by atoms with Gasteiger partial charge in [0.05, 0.1) is 7.11 Å². The third-order valence-corrected chi connectivity index (χ3v) is 5.35. The van der Waals surface area contributed by atoms with Gasteiger partial charge in [-0.3, -0.25) is 4.79 Å². The number of anilines is 1. The van der Waals surface area contributed by atoms with E-state index < -0.39 is 12.6 Å². The number of methoxy groups -OCH3 is 1. The van der Waals surface area contributed by atoms with E-state index in [1.54, 1.807) is 31.4 Å².